The van der Waals surface area contributed by atoms with E-state index in [9.17, 15) is 33.1 Å². The maximum Gasteiger partial charge on any atom is 0.294 e. The molecule has 3 rings (SSSR count). The molecule has 1 aromatic carbocycles. The van der Waals surface area contributed by atoms with Crippen molar-refractivity contribution in [3.63, 3.8) is 0 Å². The van der Waals surface area contributed by atoms with E-state index >= 15 is 0 Å². The molecule has 0 saturated carbocycles. The molecule has 33 heavy (non-hydrogen) atoms. The van der Waals surface area contributed by atoms with Gasteiger partial charge in [0.25, 0.3) is 17.4 Å². The number of likely N-dealkylation sites (N-methyl/N-ethyl adjacent to an activating group) is 1. The van der Waals surface area contributed by atoms with Gasteiger partial charge in [-0.25, -0.2) is 13.8 Å². The minimum absolute atomic E-state index is 0.00361. The van der Waals surface area contributed by atoms with E-state index in [-0.39, 0.29) is 13.1 Å². The number of nitrogens with one attached hydrogen (secondary N) is 2. The van der Waals surface area contributed by atoms with Crippen LogP contribution >= 0.6 is 0 Å². The normalized spacial score (nSPS) is 19.8. The molecule has 1 saturated heterocycles. The van der Waals surface area contributed by atoms with Gasteiger partial charge in [0.15, 0.2) is 5.69 Å². The monoisotopic (exact) mass is 463 g/mol. The quantitative estimate of drug-likeness (QED) is 0.516. The van der Waals surface area contributed by atoms with Crippen molar-refractivity contribution in [2.24, 2.45) is 0 Å². The second-order valence-electron chi connectivity index (χ2n) is 8.02. The lowest BCUT2D eigenvalue weighted by atomic mass is 9.89. The molecule has 1 aliphatic rings. The van der Waals surface area contributed by atoms with Crippen LogP contribution < -0.4 is 10.9 Å². The van der Waals surface area contributed by atoms with Crippen molar-refractivity contribution in [1.29, 1.82) is 0 Å². The SMILES string of the molecule is CN(C)C(=O)C(=O)[C@@]1(c2nc(C(=O)N(C)Cc3ccc(F)cc3)c(O)c(=O)[nH]2)C[C@H](F)CN1. The van der Waals surface area contributed by atoms with Crippen molar-refractivity contribution < 1.29 is 28.3 Å². The third-order valence-corrected chi connectivity index (χ3v) is 5.32. The predicted octanol–water partition coefficient (Wildman–Crippen LogP) is 0.0708. The highest BCUT2D eigenvalue weighted by molar-refractivity contribution is 6.39. The van der Waals surface area contributed by atoms with Crippen molar-refractivity contribution in [2.45, 2.75) is 24.7 Å². The minimum atomic E-state index is -2.02. The van der Waals surface area contributed by atoms with E-state index in [0.29, 0.717) is 5.56 Å². The predicted molar refractivity (Wildman–Crippen MR) is 112 cm³/mol. The number of amides is 2. The molecular formula is C21H23F2N5O5. The fourth-order valence-corrected chi connectivity index (χ4v) is 3.54. The van der Waals surface area contributed by atoms with E-state index in [4.69, 9.17) is 0 Å². The number of hydrogen-bond donors (Lipinski definition) is 3. The van der Waals surface area contributed by atoms with Gasteiger partial charge in [0.1, 0.15) is 23.4 Å². The van der Waals surface area contributed by atoms with Gasteiger partial charge in [0.05, 0.1) is 0 Å². The number of aromatic hydroxyl groups is 1. The highest BCUT2D eigenvalue weighted by Gasteiger charge is 2.52. The van der Waals surface area contributed by atoms with E-state index < -0.39 is 64.4 Å². The summed E-state index contributed by atoms with van der Waals surface area (Å²) in [5, 5.41) is 12.8. The Balaban J connectivity index is 2.02. The summed E-state index contributed by atoms with van der Waals surface area (Å²) >= 11 is 0. The number of H-pyrrole nitrogens is 1. The number of carbonyl (C=O) groups is 3. The molecule has 1 aliphatic heterocycles. The second-order valence-corrected chi connectivity index (χ2v) is 8.02. The van der Waals surface area contributed by atoms with Crippen LogP contribution in [0.15, 0.2) is 29.1 Å². The lowest BCUT2D eigenvalue weighted by molar-refractivity contribution is -0.146. The van der Waals surface area contributed by atoms with Gasteiger partial charge in [-0.05, 0) is 17.7 Å². The first-order valence-electron chi connectivity index (χ1n) is 9.95. The summed E-state index contributed by atoms with van der Waals surface area (Å²) < 4.78 is 27.3. The van der Waals surface area contributed by atoms with Crippen LogP contribution in [0.2, 0.25) is 0 Å². The Morgan fingerprint density at radius 3 is 2.39 bits per heavy atom. The molecule has 0 bridgehead atoms. The number of nitrogens with zero attached hydrogens (tertiary/aromatic N) is 3. The maximum atomic E-state index is 14.2. The molecular weight excluding hydrogens is 440 g/mol. The molecule has 2 heterocycles. The number of benzene rings is 1. The van der Waals surface area contributed by atoms with Crippen LogP contribution in [0.5, 0.6) is 5.75 Å². The number of hydrogen-bond acceptors (Lipinski definition) is 7. The molecule has 2 amide bonds. The van der Waals surface area contributed by atoms with Crippen molar-refractivity contribution in [3.8, 4) is 5.75 Å². The Morgan fingerprint density at radius 2 is 1.85 bits per heavy atom. The van der Waals surface area contributed by atoms with Crippen molar-refractivity contribution in [1.82, 2.24) is 25.1 Å². The number of aromatic nitrogens is 2. The Labute approximate surface area is 187 Å². The lowest BCUT2D eigenvalue weighted by Gasteiger charge is -2.27. The van der Waals surface area contributed by atoms with Crippen LogP contribution in [-0.2, 0) is 21.7 Å². The molecule has 1 fully saturated rings. The molecule has 10 nitrogen and oxygen atoms in total. The van der Waals surface area contributed by atoms with Gasteiger partial charge in [0, 0.05) is 40.7 Å². The number of halogens is 2. The number of rotatable bonds is 6. The zero-order valence-corrected chi connectivity index (χ0v) is 18.2. The Morgan fingerprint density at radius 1 is 1.21 bits per heavy atom. The van der Waals surface area contributed by atoms with Gasteiger partial charge in [-0.3, -0.25) is 24.5 Å². The maximum absolute atomic E-state index is 14.2. The van der Waals surface area contributed by atoms with E-state index in [2.05, 4.69) is 15.3 Å². The average molecular weight is 463 g/mol. The first-order chi connectivity index (χ1) is 15.5. The largest absolute Gasteiger partial charge is 0.501 e. The molecule has 1 aromatic heterocycles. The van der Waals surface area contributed by atoms with E-state index in [0.717, 1.165) is 9.80 Å². The molecule has 0 aliphatic carbocycles. The van der Waals surface area contributed by atoms with E-state index in [1.54, 1.807) is 0 Å². The van der Waals surface area contributed by atoms with Gasteiger partial charge in [-0.2, -0.15) is 0 Å². The highest BCUT2D eigenvalue weighted by Crippen LogP contribution is 2.32. The van der Waals surface area contributed by atoms with Gasteiger partial charge in [0.2, 0.25) is 11.5 Å². The number of aromatic amines is 1. The zero-order valence-electron chi connectivity index (χ0n) is 18.2. The van der Waals surface area contributed by atoms with Crippen LogP contribution in [-0.4, -0.2) is 76.3 Å². The Bertz CT molecular complexity index is 1150. The highest BCUT2D eigenvalue weighted by atomic mass is 19.1. The van der Waals surface area contributed by atoms with E-state index in [1.807, 2.05) is 0 Å². The van der Waals surface area contributed by atoms with E-state index in [1.165, 1.54) is 45.4 Å². The number of ketones is 1. The van der Waals surface area contributed by atoms with Crippen molar-refractivity contribution in [3.05, 3.63) is 57.5 Å². The minimum Gasteiger partial charge on any atom is -0.501 e. The second kappa shape index (κ2) is 9.06. The van der Waals surface area contributed by atoms with Crippen LogP contribution in [0.4, 0.5) is 8.78 Å². The third kappa shape index (κ3) is 4.60. The van der Waals surface area contributed by atoms with Crippen LogP contribution in [0, 0.1) is 5.82 Å². The fraction of sp³-hybridized carbons (Fsp3) is 0.381. The molecule has 0 spiro atoms. The summed E-state index contributed by atoms with van der Waals surface area (Å²) in [5.41, 5.74) is -3.25. The van der Waals surface area contributed by atoms with Gasteiger partial charge in [-0.1, -0.05) is 12.1 Å². The first kappa shape index (κ1) is 24.0. The van der Waals surface area contributed by atoms with Crippen molar-refractivity contribution in [2.75, 3.05) is 27.7 Å². The summed E-state index contributed by atoms with van der Waals surface area (Å²) in [6, 6.07) is 5.34. The fourth-order valence-electron chi connectivity index (χ4n) is 3.54. The average Bonchev–Trinajstić information content (AvgIpc) is 3.18. The van der Waals surface area contributed by atoms with Gasteiger partial charge < -0.3 is 19.9 Å². The molecule has 0 radical (unpaired) electrons. The summed E-state index contributed by atoms with van der Waals surface area (Å²) in [7, 11) is 4.04. The molecule has 0 unspecified atom stereocenters. The molecule has 12 heteroatoms. The zero-order chi connectivity index (χ0) is 24.5. The number of carbonyl (C=O) groups excluding carboxylic acids is 3. The summed E-state index contributed by atoms with van der Waals surface area (Å²) in [6.45, 7) is -0.291. The molecule has 2 aromatic rings. The van der Waals surface area contributed by atoms with Crippen LogP contribution in [0.25, 0.3) is 0 Å². The van der Waals surface area contributed by atoms with Gasteiger partial charge >= 0.3 is 0 Å². The molecule has 2 atom stereocenters. The van der Waals surface area contributed by atoms with Crippen LogP contribution in [0.3, 0.4) is 0 Å². The van der Waals surface area contributed by atoms with Crippen LogP contribution in [0.1, 0.15) is 28.3 Å². The lowest BCUT2D eigenvalue weighted by Crippen LogP contribution is -2.53. The summed E-state index contributed by atoms with van der Waals surface area (Å²) in [4.78, 5) is 59.0. The Kier molecular flexibility index (Phi) is 6.58. The number of alkyl halides is 1. The summed E-state index contributed by atoms with van der Waals surface area (Å²) in [6.07, 6.45) is -2.03. The topological polar surface area (TPSA) is 136 Å². The standard InChI is InChI=1S/C21H23F2N5O5/c1-27(2)19(33)16(30)21(8-13(23)9-24-21)20-25-14(15(29)17(31)26-20)18(32)28(3)10-11-4-6-12(22)7-5-11/h4-7,13,24,29H,8-10H2,1-3H3,(H,25,26,31)/t13-,21+/m0/s1. The van der Waals surface area contributed by atoms with Gasteiger partial charge in [-0.15, -0.1) is 0 Å². The number of Topliss-reactive ketones (excluding diaryl/α,β-unsaturated/α-hetero) is 1. The third-order valence-electron chi connectivity index (χ3n) is 5.32. The smallest absolute Gasteiger partial charge is 0.294 e. The van der Waals surface area contributed by atoms with Crippen molar-refractivity contribution >= 4 is 17.6 Å². The molecule has 176 valence electrons. The molecule has 3 N–H and O–H groups in total. The summed E-state index contributed by atoms with van der Waals surface area (Å²) in [5.74, 6) is -4.81. The Hall–Kier alpha value is -3.67. The first-order valence-corrected chi connectivity index (χ1v) is 9.95.